The number of hydrogen-bond acceptors (Lipinski definition) is 4. The lowest BCUT2D eigenvalue weighted by Crippen LogP contribution is -2.57. The molecule has 4 rings (SSSR count). The summed E-state index contributed by atoms with van der Waals surface area (Å²) in [4.78, 5) is 56.1. The van der Waals surface area contributed by atoms with Crippen LogP contribution in [0.4, 0.5) is 4.79 Å². The average molecular weight is 433 g/mol. The summed E-state index contributed by atoms with van der Waals surface area (Å²) in [6.45, 7) is 3.97. The van der Waals surface area contributed by atoms with E-state index in [-0.39, 0.29) is 29.8 Å². The fourth-order valence-electron chi connectivity index (χ4n) is 5.83. The Hall–Kier alpha value is -2.12. The molecule has 31 heavy (non-hydrogen) atoms. The first-order chi connectivity index (χ1) is 14.9. The molecule has 5 amide bonds. The number of carbonyl (C=O) groups excluding carboxylic acids is 4. The van der Waals surface area contributed by atoms with Gasteiger partial charge >= 0.3 is 6.03 Å². The molecule has 0 unspecified atom stereocenters. The van der Waals surface area contributed by atoms with Crippen molar-refractivity contribution in [3.8, 4) is 0 Å². The molecule has 1 spiro atoms. The first-order valence-corrected chi connectivity index (χ1v) is 12.1. The molecule has 8 heteroatoms. The van der Waals surface area contributed by atoms with Crippen LogP contribution >= 0.6 is 0 Å². The van der Waals surface area contributed by atoms with Crippen LogP contribution in [0.25, 0.3) is 0 Å². The van der Waals surface area contributed by atoms with Gasteiger partial charge in [0.25, 0.3) is 5.91 Å². The first kappa shape index (κ1) is 22.1. The number of piperidine rings is 2. The fraction of sp³-hybridized carbons (Fsp3) is 0.826. The molecule has 1 saturated carbocycles. The maximum absolute atomic E-state index is 13.4. The van der Waals surface area contributed by atoms with E-state index in [4.69, 9.17) is 0 Å². The SMILES string of the molecule is CCC(=O)N1CCC2(CC1)NC(=O)N([C@H]1CCCN(C(=O)CC3CCCCC3)C1)C2=O. The number of imide groups is 1. The Kier molecular flexibility index (Phi) is 6.53. The summed E-state index contributed by atoms with van der Waals surface area (Å²) in [5, 5.41) is 2.95. The van der Waals surface area contributed by atoms with Gasteiger partial charge in [-0.2, -0.15) is 0 Å². The van der Waals surface area contributed by atoms with Crippen molar-refractivity contribution >= 4 is 23.8 Å². The topological polar surface area (TPSA) is 90.0 Å². The second-order valence-corrected chi connectivity index (χ2v) is 9.77. The first-order valence-electron chi connectivity index (χ1n) is 12.1. The summed E-state index contributed by atoms with van der Waals surface area (Å²) in [5.74, 6) is 0.568. The van der Waals surface area contributed by atoms with Gasteiger partial charge in [-0.3, -0.25) is 19.3 Å². The number of carbonyl (C=O) groups is 4. The van der Waals surface area contributed by atoms with Gasteiger partial charge in [-0.15, -0.1) is 0 Å². The zero-order valence-electron chi connectivity index (χ0n) is 18.7. The van der Waals surface area contributed by atoms with E-state index in [1.54, 1.807) is 4.90 Å². The van der Waals surface area contributed by atoms with E-state index in [1.807, 2.05) is 11.8 Å². The van der Waals surface area contributed by atoms with Gasteiger partial charge in [0.1, 0.15) is 5.54 Å². The third kappa shape index (κ3) is 4.44. The predicted octanol–water partition coefficient (Wildman–Crippen LogP) is 2.27. The van der Waals surface area contributed by atoms with Gasteiger partial charge in [0.2, 0.25) is 11.8 Å². The van der Waals surface area contributed by atoms with E-state index in [2.05, 4.69) is 5.32 Å². The van der Waals surface area contributed by atoms with Gasteiger partial charge in [-0.25, -0.2) is 4.79 Å². The summed E-state index contributed by atoms with van der Waals surface area (Å²) < 4.78 is 0. The Morgan fingerprint density at radius 1 is 0.935 bits per heavy atom. The molecule has 3 saturated heterocycles. The second-order valence-electron chi connectivity index (χ2n) is 9.77. The van der Waals surface area contributed by atoms with Crippen molar-refractivity contribution in [1.82, 2.24) is 20.0 Å². The Morgan fingerprint density at radius 2 is 1.65 bits per heavy atom. The quantitative estimate of drug-likeness (QED) is 0.690. The van der Waals surface area contributed by atoms with Gasteiger partial charge < -0.3 is 15.1 Å². The largest absolute Gasteiger partial charge is 0.343 e. The zero-order valence-corrected chi connectivity index (χ0v) is 18.7. The molecule has 0 aromatic rings. The monoisotopic (exact) mass is 432 g/mol. The molecule has 0 aromatic carbocycles. The van der Waals surface area contributed by atoms with Crippen LogP contribution in [0, 0.1) is 5.92 Å². The lowest BCUT2D eigenvalue weighted by atomic mass is 9.86. The zero-order chi connectivity index (χ0) is 22.0. The highest BCUT2D eigenvalue weighted by Crippen LogP contribution is 2.33. The minimum Gasteiger partial charge on any atom is -0.343 e. The van der Waals surface area contributed by atoms with E-state index >= 15 is 0 Å². The van der Waals surface area contributed by atoms with Crippen LogP contribution in [0.1, 0.15) is 77.6 Å². The number of rotatable bonds is 4. The maximum Gasteiger partial charge on any atom is 0.325 e. The number of amides is 5. The molecule has 3 aliphatic heterocycles. The third-order valence-electron chi connectivity index (χ3n) is 7.77. The van der Waals surface area contributed by atoms with Crippen LogP contribution in [0.15, 0.2) is 0 Å². The summed E-state index contributed by atoms with van der Waals surface area (Å²) in [6.07, 6.45) is 9.48. The molecule has 4 fully saturated rings. The smallest absolute Gasteiger partial charge is 0.325 e. The Labute approximate surface area is 184 Å². The third-order valence-corrected chi connectivity index (χ3v) is 7.77. The highest BCUT2D eigenvalue weighted by atomic mass is 16.2. The molecule has 1 aliphatic carbocycles. The molecular formula is C23H36N4O4. The van der Waals surface area contributed by atoms with Crippen LogP contribution in [0.2, 0.25) is 0 Å². The van der Waals surface area contributed by atoms with Crippen molar-refractivity contribution in [2.24, 2.45) is 5.92 Å². The van der Waals surface area contributed by atoms with Crippen LogP contribution in [-0.2, 0) is 14.4 Å². The molecule has 8 nitrogen and oxygen atoms in total. The van der Waals surface area contributed by atoms with E-state index in [0.29, 0.717) is 57.8 Å². The molecule has 3 heterocycles. The van der Waals surface area contributed by atoms with Crippen molar-refractivity contribution in [3.05, 3.63) is 0 Å². The normalized spacial score (nSPS) is 27.0. The van der Waals surface area contributed by atoms with Crippen molar-refractivity contribution < 1.29 is 19.2 Å². The van der Waals surface area contributed by atoms with Crippen molar-refractivity contribution in [3.63, 3.8) is 0 Å². The molecule has 0 radical (unpaired) electrons. The molecule has 0 aromatic heterocycles. The number of urea groups is 1. The Bertz CT molecular complexity index is 725. The summed E-state index contributed by atoms with van der Waals surface area (Å²) in [7, 11) is 0. The van der Waals surface area contributed by atoms with E-state index in [0.717, 1.165) is 25.7 Å². The van der Waals surface area contributed by atoms with Crippen LogP contribution in [-0.4, -0.2) is 76.2 Å². The summed E-state index contributed by atoms with van der Waals surface area (Å²) in [5.41, 5.74) is -0.893. The molecular weight excluding hydrogens is 396 g/mol. The van der Waals surface area contributed by atoms with Gasteiger partial charge in [-0.1, -0.05) is 26.2 Å². The van der Waals surface area contributed by atoms with Gasteiger partial charge in [0, 0.05) is 39.0 Å². The number of nitrogens with zero attached hydrogens (tertiary/aromatic N) is 3. The molecule has 1 N–H and O–H groups in total. The maximum atomic E-state index is 13.4. The standard InChI is InChI=1S/C23H36N4O4/c1-2-19(28)25-13-10-23(11-14-25)21(30)27(22(31)24-23)18-9-6-12-26(16-18)20(29)15-17-7-4-3-5-8-17/h17-18H,2-16H2,1H3,(H,24,31)/t18-/m0/s1. The highest BCUT2D eigenvalue weighted by molar-refractivity contribution is 6.07. The predicted molar refractivity (Wildman–Crippen MR) is 115 cm³/mol. The minimum atomic E-state index is -0.893. The summed E-state index contributed by atoms with van der Waals surface area (Å²) in [6, 6.07) is -0.599. The number of hydrogen-bond donors (Lipinski definition) is 1. The van der Waals surface area contributed by atoms with E-state index in [1.165, 1.54) is 24.2 Å². The second kappa shape index (κ2) is 9.17. The van der Waals surface area contributed by atoms with Crippen LogP contribution < -0.4 is 5.32 Å². The van der Waals surface area contributed by atoms with Crippen LogP contribution in [0.5, 0.6) is 0 Å². The molecule has 4 aliphatic rings. The highest BCUT2D eigenvalue weighted by Gasteiger charge is 2.54. The van der Waals surface area contributed by atoms with Crippen molar-refractivity contribution in [1.29, 1.82) is 0 Å². The Balaban J connectivity index is 1.37. The van der Waals surface area contributed by atoms with Gasteiger partial charge in [0.15, 0.2) is 0 Å². The summed E-state index contributed by atoms with van der Waals surface area (Å²) >= 11 is 0. The minimum absolute atomic E-state index is 0.0860. The average Bonchev–Trinajstić information content (AvgIpc) is 3.03. The van der Waals surface area contributed by atoms with Crippen molar-refractivity contribution in [2.75, 3.05) is 26.2 Å². The molecule has 1 atom stereocenters. The van der Waals surface area contributed by atoms with Crippen molar-refractivity contribution in [2.45, 2.75) is 89.1 Å². The van der Waals surface area contributed by atoms with E-state index < -0.39 is 5.54 Å². The number of nitrogens with one attached hydrogen (secondary N) is 1. The molecule has 172 valence electrons. The fourth-order valence-corrected chi connectivity index (χ4v) is 5.83. The Morgan fingerprint density at radius 3 is 2.32 bits per heavy atom. The van der Waals surface area contributed by atoms with Crippen LogP contribution in [0.3, 0.4) is 0 Å². The van der Waals surface area contributed by atoms with Gasteiger partial charge in [-0.05, 0) is 44.4 Å². The lowest BCUT2D eigenvalue weighted by Gasteiger charge is -2.39. The lowest BCUT2D eigenvalue weighted by molar-refractivity contribution is -0.141. The van der Waals surface area contributed by atoms with E-state index in [9.17, 15) is 19.2 Å². The van der Waals surface area contributed by atoms with Gasteiger partial charge in [0.05, 0.1) is 6.04 Å². The number of likely N-dealkylation sites (tertiary alicyclic amines) is 2. The molecule has 0 bridgehead atoms.